The minimum Gasteiger partial charge on any atom is -0.359 e. The number of pyridine rings is 1. The molecular formula is C9H11FINO2. The summed E-state index contributed by atoms with van der Waals surface area (Å²) < 4.78 is 23.6. The Morgan fingerprint density at radius 3 is 2.93 bits per heavy atom. The third kappa shape index (κ3) is 3.14. The van der Waals surface area contributed by atoms with Crippen LogP contribution in [0.4, 0.5) is 4.39 Å². The normalized spacial score (nSPS) is 12.9. The maximum atomic E-state index is 12.7. The molecule has 1 heterocycles. The predicted octanol–water partition coefficient (Wildman–Crippen LogP) is 2.51. The van der Waals surface area contributed by atoms with Crippen LogP contribution in [-0.2, 0) is 9.47 Å². The summed E-state index contributed by atoms with van der Waals surface area (Å²) in [6.07, 6.45) is 1.34. The fourth-order valence-corrected chi connectivity index (χ4v) is 1.81. The van der Waals surface area contributed by atoms with Crippen molar-refractivity contribution in [3.8, 4) is 0 Å². The van der Waals surface area contributed by atoms with Crippen LogP contribution in [-0.4, -0.2) is 18.9 Å². The Morgan fingerprint density at radius 2 is 2.36 bits per heavy atom. The summed E-state index contributed by atoms with van der Waals surface area (Å²) in [7, 11) is 1.56. The molecule has 5 heteroatoms. The van der Waals surface area contributed by atoms with Crippen molar-refractivity contribution in [1.82, 2.24) is 4.98 Å². The van der Waals surface area contributed by atoms with Gasteiger partial charge in [0.15, 0.2) is 0 Å². The van der Waals surface area contributed by atoms with Crippen LogP contribution in [0.25, 0.3) is 0 Å². The van der Waals surface area contributed by atoms with Crippen molar-refractivity contribution < 1.29 is 13.9 Å². The van der Waals surface area contributed by atoms with E-state index in [0.29, 0.717) is 0 Å². The Balaban J connectivity index is 2.74. The summed E-state index contributed by atoms with van der Waals surface area (Å²) in [5.74, 6) is -0.475. The van der Waals surface area contributed by atoms with E-state index in [9.17, 15) is 4.39 Å². The van der Waals surface area contributed by atoms with Gasteiger partial charge in [0.25, 0.3) is 0 Å². The van der Waals surface area contributed by atoms with Gasteiger partial charge < -0.3 is 9.47 Å². The van der Waals surface area contributed by atoms with Crippen LogP contribution in [0.3, 0.4) is 0 Å². The van der Waals surface area contributed by atoms with Crippen LogP contribution in [0.2, 0.25) is 0 Å². The Morgan fingerprint density at radius 1 is 1.64 bits per heavy atom. The fourth-order valence-electron chi connectivity index (χ4n) is 0.977. The van der Waals surface area contributed by atoms with Gasteiger partial charge in [-0.1, -0.05) is 0 Å². The molecule has 0 aromatic carbocycles. The molecule has 1 aromatic rings. The lowest BCUT2D eigenvalue weighted by Crippen LogP contribution is -2.05. The summed E-state index contributed by atoms with van der Waals surface area (Å²) in [5, 5.41) is 0. The molecule has 0 saturated carbocycles. The third-order valence-electron chi connectivity index (χ3n) is 1.72. The molecule has 1 atom stereocenters. The molecule has 1 rings (SSSR count). The number of ether oxygens (including phenoxy) is 2. The highest BCUT2D eigenvalue weighted by molar-refractivity contribution is 14.1. The van der Waals surface area contributed by atoms with Crippen molar-refractivity contribution in [1.29, 1.82) is 0 Å². The first-order chi connectivity index (χ1) is 6.65. The van der Waals surface area contributed by atoms with Gasteiger partial charge >= 0.3 is 0 Å². The van der Waals surface area contributed by atoms with E-state index in [4.69, 9.17) is 9.47 Å². The molecule has 0 aliphatic rings. The zero-order chi connectivity index (χ0) is 10.6. The predicted molar refractivity (Wildman–Crippen MR) is 58.3 cm³/mol. The van der Waals surface area contributed by atoms with Crippen molar-refractivity contribution in [2.45, 2.75) is 13.0 Å². The van der Waals surface area contributed by atoms with Crippen LogP contribution < -0.4 is 0 Å². The lowest BCUT2D eigenvalue weighted by molar-refractivity contribution is -0.0670. The average molecular weight is 311 g/mol. The standard InChI is InChI=1S/C9H11FINO2/c1-6(14-5-13-2)7-4-12-9(10)3-8(7)11/h3-4,6H,5H2,1-2H3. The highest BCUT2D eigenvalue weighted by Gasteiger charge is 2.10. The molecule has 0 aliphatic heterocycles. The van der Waals surface area contributed by atoms with Crippen molar-refractivity contribution in [3.05, 3.63) is 27.3 Å². The van der Waals surface area contributed by atoms with Crippen molar-refractivity contribution in [2.75, 3.05) is 13.9 Å². The Labute approximate surface area is 95.8 Å². The summed E-state index contributed by atoms with van der Waals surface area (Å²) in [6, 6.07) is 1.38. The fraction of sp³-hybridized carbons (Fsp3) is 0.444. The van der Waals surface area contributed by atoms with E-state index in [1.54, 1.807) is 7.11 Å². The number of hydrogen-bond acceptors (Lipinski definition) is 3. The molecule has 0 bridgehead atoms. The van der Waals surface area contributed by atoms with Crippen LogP contribution in [0.15, 0.2) is 12.3 Å². The molecule has 0 aliphatic carbocycles. The van der Waals surface area contributed by atoms with E-state index in [1.807, 2.05) is 6.92 Å². The highest BCUT2D eigenvalue weighted by Crippen LogP contribution is 2.22. The highest BCUT2D eigenvalue weighted by atomic mass is 127. The lowest BCUT2D eigenvalue weighted by Gasteiger charge is -2.13. The minimum absolute atomic E-state index is 0.144. The largest absolute Gasteiger partial charge is 0.359 e. The van der Waals surface area contributed by atoms with Gasteiger partial charge in [0.05, 0.1) is 6.10 Å². The lowest BCUT2D eigenvalue weighted by atomic mass is 10.2. The van der Waals surface area contributed by atoms with E-state index in [-0.39, 0.29) is 12.9 Å². The van der Waals surface area contributed by atoms with E-state index in [1.165, 1.54) is 12.3 Å². The number of methoxy groups -OCH3 is 1. The first-order valence-electron chi connectivity index (χ1n) is 4.06. The van der Waals surface area contributed by atoms with Crippen molar-refractivity contribution >= 4 is 22.6 Å². The molecule has 0 fully saturated rings. The molecule has 14 heavy (non-hydrogen) atoms. The van der Waals surface area contributed by atoms with Crippen LogP contribution in [0.5, 0.6) is 0 Å². The van der Waals surface area contributed by atoms with E-state index in [0.717, 1.165) is 9.13 Å². The summed E-state index contributed by atoms with van der Waals surface area (Å²) in [4.78, 5) is 3.58. The van der Waals surface area contributed by atoms with Gasteiger partial charge in [0.1, 0.15) is 6.79 Å². The Bertz CT molecular complexity index is 309. The number of hydrogen-bond donors (Lipinski definition) is 0. The minimum atomic E-state index is -0.475. The second-order valence-corrected chi connectivity index (χ2v) is 3.91. The average Bonchev–Trinajstić information content (AvgIpc) is 2.14. The monoisotopic (exact) mass is 311 g/mol. The first kappa shape index (κ1) is 11.8. The van der Waals surface area contributed by atoms with Gasteiger partial charge in [-0.05, 0) is 29.5 Å². The number of halogens is 2. The zero-order valence-electron chi connectivity index (χ0n) is 7.96. The van der Waals surface area contributed by atoms with Crippen LogP contribution in [0.1, 0.15) is 18.6 Å². The molecule has 3 nitrogen and oxygen atoms in total. The van der Waals surface area contributed by atoms with Crippen molar-refractivity contribution in [3.63, 3.8) is 0 Å². The second-order valence-electron chi connectivity index (χ2n) is 2.74. The smallest absolute Gasteiger partial charge is 0.213 e. The first-order valence-corrected chi connectivity index (χ1v) is 5.14. The maximum absolute atomic E-state index is 12.7. The van der Waals surface area contributed by atoms with Gasteiger partial charge in [0, 0.05) is 28.5 Å². The van der Waals surface area contributed by atoms with Gasteiger partial charge in [-0.15, -0.1) is 0 Å². The zero-order valence-corrected chi connectivity index (χ0v) is 10.1. The summed E-state index contributed by atoms with van der Waals surface area (Å²) >= 11 is 2.05. The van der Waals surface area contributed by atoms with Crippen LogP contribution in [0, 0.1) is 9.52 Å². The van der Waals surface area contributed by atoms with Crippen LogP contribution >= 0.6 is 22.6 Å². The van der Waals surface area contributed by atoms with E-state index < -0.39 is 5.95 Å². The molecule has 1 aromatic heterocycles. The topological polar surface area (TPSA) is 31.4 Å². The number of aromatic nitrogens is 1. The summed E-state index contributed by atoms with van der Waals surface area (Å²) in [5.41, 5.74) is 0.865. The second kappa shape index (κ2) is 5.57. The van der Waals surface area contributed by atoms with Gasteiger partial charge in [0.2, 0.25) is 5.95 Å². The molecular weight excluding hydrogens is 300 g/mol. The molecule has 1 unspecified atom stereocenters. The number of rotatable bonds is 4. The Kier molecular flexibility index (Phi) is 4.70. The molecule has 0 amide bonds. The number of nitrogens with zero attached hydrogens (tertiary/aromatic N) is 1. The third-order valence-corrected chi connectivity index (χ3v) is 2.66. The Hall–Kier alpha value is -0.270. The van der Waals surface area contributed by atoms with Crippen molar-refractivity contribution in [2.24, 2.45) is 0 Å². The quantitative estimate of drug-likeness (QED) is 0.486. The molecule has 0 spiro atoms. The maximum Gasteiger partial charge on any atom is 0.213 e. The molecule has 0 N–H and O–H groups in total. The van der Waals surface area contributed by atoms with Gasteiger partial charge in [-0.25, -0.2) is 4.98 Å². The molecule has 0 saturated heterocycles. The van der Waals surface area contributed by atoms with Gasteiger partial charge in [-0.3, -0.25) is 0 Å². The SMILES string of the molecule is COCOC(C)c1cnc(F)cc1I. The molecule has 78 valence electrons. The van der Waals surface area contributed by atoms with Gasteiger partial charge in [-0.2, -0.15) is 4.39 Å². The van der Waals surface area contributed by atoms with E-state index in [2.05, 4.69) is 27.6 Å². The molecule has 0 radical (unpaired) electrons. The summed E-state index contributed by atoms with van der Waals surface area (Å²) in [6.45, 7) is 2.09. The van der Waals surface area contributed by atoms with E-state index >= 15 is 0 Å².